The Labute approximate surface area is 120 Å². The van der Waals surface area contributed by atoms with Crippen LogP contribution in [-0.4, -0.2) is 15.7 Å². The highest BCUT2D eigenvalue weighted by Gasteiger charge is 2.15. The van der Waals surface area contributed by atoms with Crippen molar-refractivity contribution in [1.29, 1.82) is 0 Å². The standard InChI is InChI=1S/C14H16N4O3/c1-17-12(11(16-21)13(19)18(2)14(17)20)15-9-8-10-6-4-3-5-7-10/h3-7,15H,8-9H2,1-2H3. The minimum Gasteiger partial charge on any atom is -0.369 e. The molecule has 2 aromatic rings. The molecular formula is C14H16N4O3. The normalized spacial score (nSPS) is 10.4. The highest BCUT2D eigenvalue weighted by molar-refractivity contribution is 5.59. The minimum atomic E-state index is -0.699. The Morgan fingerprint density at radius 3 is 2.38 bits per heavy atom. The number of nitroso groups, excluding NO2 is 1. The van der Waals surface area contributed by atoms with E-state index in [9.17, 15) is 14.5 Å². The summed E-state index contributed by atoms with van der Waals surface area (Å²) in [4.78, 5) is 34.6. The zero-order valence-electron chi connectivity index (χ0n) is 11.9. The number of nitrogens with zero attached hydrogens (tertiary/aromatic N) is 3. The Morgan fingerprint density at radius 1 is 1.10 bits per heavy atom. The van der Waals surface area contributed by atoms with E-state index < -0.39 is 11.2 Å². The lowest BCUT2D eigenvalue weighted by molar-refractivity contribution is 0.690. The van der Waals surface area contributed by atoms with Gasteiger partial charge in [-0.25, -0.2) is 4.79 Å². The topological polar surface area (TPSA) is 85.5 Å². The van der Waals surface area contributed by atoms with Gasteiger partial charge in [0.25, 0.3) is 5.56 Å². The summed E-state index contributed by atoms with van der Waals surface area (Å²) in [7, 11) is 2.80. The molecule has 110 valence electrons. The Kier molecular flexibility index (Phi) is 4.32. The van der Waals surface area contributed by atoms with E-state index in [-0.39, 0.29) is 11.5 Å². The average molecular weight is 288 g/mol. The van der Waals surface area contributed by atoms with Gasteiger partial charge >= 0.3 is 5.69 Å². The molecule has 1 aromatic carbocycles. The Bertz CT molecular complexity index is 762. The molecule has 0 spiro atoms. The molecule has 0 aliphatic heterocycles. The van der Waals surface area contributed by atoms with Gasteiger partial charge in [-0.05, 0) is 17.2 Å². The van der Waals surface area contributed by atoms with Gasteiger partial charge in [-0.1, -0.05) is 30.3 Å². The summed E-state index contributed by atoms with van der Waals surface area (Å²) in [5, 5.41) is 5.70. The van der Waals surface area contributed by atoms with Crippen molar-refractivity contribution in [2.45, 2.75) is 6.42 Å². The number of benzene rings is 1. The average Bonchev–Trinajstić information content (AvgIpc) is 2.51. The lowest BCUT2D eigenvalue weighted by Crippen LogP contribution is -2.38. The van der Waals surface area contributed by atoms with E-state index in [4.69, 9.17) is 0 Å². The maximum atomic E-state index is 11.9. The maximum absolute atomic E-state index is 11.9. The molecule has 1 heterocycles. The van der Waals surface area contributed by atoms with Crippen molar-refractivity contribution < 1.29 is 0 Å². The van der Waals surface area contributed by atoms with Crippen molar-refractivity contribution in [3.05, 3.63) is 61.6 Å². The van der Waals surface area contributed by atoms with E-state index >= 15 is 0 Å². The van der Waals surface area contributed by atoms with E-state index in [1.54, 1.807) is 0 Å². The summed E-state index contributed by atoms with van der Waals surface area (Å²) in [5.74, 6) is 0.147. The zero-order valence-corrected chi connectivity index (χ0v) is 11.9. The van der Waals surface area contributed by atoms with Gasteiger partial charge in [0.15, 0.2) is 0 Å². The second-order valence-corrected chi connectivity index (χ2v) is 4.66. The number of rotatable bonds is 5. The molecule has 0 bridgehead atoms. The third kappa shape index (κ3) is 2.91. The summed E-state index contributed by atoms with van der Waals surface area (Å²) in [6.07, 6.45) is 0.697. The van der Waals surface area contributed by atoms with Gasteiger partial charge in [0.1, 0.15) is 5.82 Å². The molecule has 0 aliphatic carbocycles. The second kappa shape index (κ2) is 6.17. The number of hydrogen-bond acceptors (Lipinski definition) is 5. The summed E-state index contributed by atoms with van der Waals surface area (Å²) in [5.41, 5.74) is -0.378. The molecule has 0 saturated heterocycles. The molecule has 7 nitrogen and oxygen atoms in total. The molecule has 0 aliphatic rings. The first-order chi connectivity index (χ1) is 10.1. The van der Waals surface area contributed by atoms with Crippen LogP contribution in [0.3, 0.4) is 0 Å². The quantitative estimate of drug-likeness (QED) is 0.836. The van der Waals surface area contributed by atoms with Crippen molar-refractivity contribution >= 4 is 11.5 Å². The smallest absolute Gasteiger partial charge is 0.332 e. The molecule has 0 saturated carbocycles. The van der Waals surface area contributed by atoms with Crippen LogP contribution in [0.15, 0.2) is 45.1 Å². The molecule has 1 N–H and O–H groups in total. The molecule has 0 unspecified atom stereocenters. The van der Waals surface area contributed by atoms with E-state index in [2.05, 4.69) is 10.5 Å². The molecule has 0 fully saturated rings. The first-order valence-corrected chi connectivity index (χ1v) is 6.47. The first kappa shape index (κ1) is 14.7. The zero-order chi connectivity index (χ0) is 15.4. The van der Waals surface area contributed by atoms with Gasteiger partial charge in [0, 0.05) is 20.6 Å². The van der Waals surface area contributed by atoms with Gasteiger partial charge in [0.05, 0.1) is 0 Å². The third-order valence-electron chi connectivity index (χ3n) is 3.28. The van der Waals surface area contributed by atoms with Crippen molar-refractivity contribution in [1.82, 2.24) is 9.13 Å². The lowest BCUT2D eigenvalue weighted by Gasteiger charge is -2.13. The number of anilines is 1. The van der Waals surface area contributed by atoms with Crippen molar-refractivity contribution in [2.24, 2.45) is 19.3 Å². The van der Waals surface area contributed by atoms with Crippen LogP contribution >= 0.6 is 0 Å². The maximum Gasteiger partial charge on any atom is 0.332 e. The number of nitrogens with one attached hydrogen (secondary N) is 1. The predicted molar refractivity (Wildman–Crippen MR) is 81.0 cm³/mol. The van der Waals surface area contributed by atoms with Crippen LogP contribution in [0.5, 0.6) is 0 Å². The fourth-order valence-electron chi connectivity index (χ4n) is 2.08. The van der Waals surface area contributed by atoms with Crippen LogP contribution < -0.4 is 16.6 Å². The largest absolute Gasteiger partial charge is 0.369 e. The van der Waals surface area contributed by atoms with Gasteiger partial charge in [0.2, 0.25) is 5.69 Å². The highest BCUT2D eigenvalue weighted by Crippen LogP contribution is 2.17. The third-order valence-corrected chi connectivity index (χ3v) is 3.28. The van der Waals surface area contributed by atoms with E-state index in [1.807, 2.05) is 30.3 Å². The van der Waals surface area contributed by atoms with Crippen LogP contribution in [0.2, 0.25) is 0 Å². The first-order valence-electron chi connectivity index (χ1n) is 6.47. The molecule has 7 heteroatoms. The molecule has 2 rings (SSSR count). The van der Waals surface area contributed by atoms with Crippen LogP contribution in [0.25, 0.3) is 0 Å². The lowest BCUT2D eigenvalue weighted by atomic mass is 10.1. The summed E-state index contributed by atoms with van der Waals surface area (Å²) in [6.45, 7) is 0.479. The summed E-state index contributed by atoms with van der Waals surface area (Å²) in [6, 6.07) is 9.74. The molecule has 0 amide bonds. The van der Waals surface area contributed by atoms with Gasteiger partial charge in [-0.2, -0.15) is 0 Å². The van der Waals surface area contributed by atoms with Crippen LogP contribution in [0.4, 0.5) is 11.5 Å². The monoisotopic (exact) mass is 288 g/mol. The second-order valence-electron chi connectivity index (χ2n) is 4.66. The Balaban J connectivity index is 2.26. The van der Waals surface area contributed by atoms with E-state index in [0.29, 0.717) is 13.0 Å². The Morgan fingerprint density at radius 2 is 1.76 bits per heavy atom. The fraction of sp³-hybridized carbons (Fsp3) is 0.286. The van der Waals surface area contributed by atoms with Crippen LogP contribution in [0, 0.1) is 4.91 Å². The SMILES string of the molecule is Cn1c(NCCc2ccccc2)c(N=O)c(=O)n(C)c1=O. The van der Waals surface area contributed by atoms with E-state index in [1.165, 1.54) is 18.7 Å². The molecule has 0 atom stereocenters. The highest BCUT2D eigenvalue weighted by atomic mass is 16.3. The fourth-order valence-corrected chi connectivity index (χ4v) is 2.08. The van der Waals surface area contributed by atoms with Gasteiger partial charge < -0.3 is 5.32 Å². The van der Waals surface area contributed by atoms with Crippen molar-refractivity contribution in [3.63, 3.8) is 0 Å². The summed E-state index contributed by atoms with van der Waals surface area (Å²) < 4.78 is 2.07. The van der Waals surface area contributed by atoms with Crippen LogP contribution in [0.1, 0.15) is 5.56 Å². The van der Waals surface area contributed by atoms with Crippen LogP contribution in [-0.2, 0) is 20.5 Å². The van der Waals surface area contributed by atoms with Crippen molar-refractivity contribution in [2.75, 3.05) is 11.9 Å². The number of aromatic nitrogens is 2. The molecule has 0 radical (unpaired) electrons. The molecule has 1 aromatic heterocycles. The minimum absolute atomic E-state index is 0.147. The number of hydrogen-bond donors (Lipinski definition) is 1. The van der Waals surface area contributed by atoms with Gasteiger partial charge in [-0.15, -0.1) is 4.91 Å². The Hall–Kier alpha value is -2.70. The molecular weight excluding hydrogens is 272 g/mol. The van der Waals surface area contributed by atoms with Gasteiger partial charge in [-0.3, -0.25) is 13.9 Å². The van der Waals surface area contributed by atoms with E-state index in [0.717, 1.165) is 10.1 Å². The predicted octanol–water partition coefficient (Wildman–Crippen LogP) is 1.14. The summed E-state index contributed by atoms with van der Waals surface area (Å²) >= 11 is 0. The molecule has 21 heavy (non-hydrogen) atoms. The van der Waals surface area contributed by atoms with Crippen molar-refractivity contribution in [3.8, 4) is 0 Å².